The first-order valence-electron chi connectivity index (χ1n) is 6.55. The van der Waals surface area contributed by atoms with Crippen molar-refractivity contribution in [1.29, 1.82) is 0 Å². The molecule has 2 aromatic rings. The van der Waals surface area contributed by atoms with E-state index in [1.165, 1.54) is 0 Å². The van der Waals surface area contributed by atoms with Crippen molar-refractivity contribution in [2.24, 2.45) is 0 Å². The molecule has 0 saturated carbocycles. The molecule has 4 nitrogen and oxygen atoms in total. The largest absolute Gasteiger partial charge is 0.489 e. The van der Waals surface area contributed by atoms with E-state index >= 15 is 0 Å². The Morgan fingerprint density at radius 1 is 1.48 bits per heavy atom. The summed E-state index contributed by atoms with van der Waals surface area (Å²) < 4.78 is 11.8. The number of rotatable bonds is 5. The third-order valence-electron chi connectivity index (χ3n) is 3.00. The lowest BCUT2D eigenvalue weighted by molar-refractivity contribution is 0.264. The van der Waals surface area contributed by atoms with Gasteiger partial charge in [0.1, 0.15) is 24.3 Å². The third kappa shape index (κ3) is 3.87. The molecule has 6 heteroatoms. The second-order valence-electron chi connectivity index (χ2n) is 4.87. The van der Waals surface area contributed by atoms with Crippen LogP contribution >= 0.6 is 27.5 Å². The summed E-state index contributed by atoms with van der Waals surface area (Å²) >= 11 is 9.57. The van der Waals surface area contributed by atoms with Crippen molar-refractivity contribution >= 4 is 39.0 Å². The van der Waals surface area contributed by atoms with Gasteiger partial charge in [0.05, 0.1) is 16.8 Å². The Labute approximate surface area is 136 Å². The Morgan fingerprint density at radius 2 is 2.29 bits per heavy atom. The number of hydrogen-bond acceptors (Lipinski definition) is 4. The van der Waals surface area contributed by atoms with Crippen LogP contribution in [-0.2, 0) is 4.74 Å². The summed E-state index contributed by atoms with van der Waals surface area (Å²) in [6, 6.07) is 7.46. The van der Waals surface area contributed by atoms with Gasteiger partial charge in [-0.05, 0) is 52.7 Å². The highest BCUT2D eigenvalue weighted by atomic mass is 79.9. The van der Waals surface area contributed by atoms with Gasteiger partial charge in [0.25, 0.3) is 0 Å². The van der Waals surface area contributed by atoms with Crippen LogP contribution in [0.15, 0.2) is 34.9 Å². The van der Waals surface area contributed by atoms with Gasteiger partial charge in [0.15, 0.2) is 0 Å². The van der Waals surface area contributed by atoms with Gasteiger partial charge in [0.2, 0.25) is 0 Å². The fraction of sp³-hybridized carbons (Fsp3) is 0.267. The number of hydrogen-bond donors (Lipinski definition) is 1. The predicted molar refractivity (Wildman–Crippen MR) is 86.6 cm³/mol. The number of nitrogens with one attached hydrogen (secondary N) is 1. The van der Waals surface area contributed by atoms with Crippen LogP contribution in [0.3, 0.4) is 0 Å². The number of anilines is 2. The zero-order valence-corrected chi connectivity index (χ0v) is 13.7. The lowest BCUT2D eigenvalue weighted by Gasteiger charge is -2.14. The van der Waals surface area contributed by atoms with Crippen LogP contribution in [0.25, 0.3) is 0 Å². The quantitative estimate of drug-likeness (QED) is 0.797. The number of epoxide rings is 1. The van der Waals surface area contributed by atoms with Crippen LogP contribution in [0.1, 0.15) is 5.56 Å². The van der Waals surface area contributed by atoms with Gasteiger partial charge < -0.3 is 14.8 Å². The van der Waals surface area contributed by atoms with E-state index in [-0.39, 0.29) is 6.10 Å². The fourth-order valence-electron chi connectivity index (χ4n) is 1.83. The zero-order valence-electron chi connectivity index (χ0n) is 11.4. The predicted octanol–water partition coefficient (Wildman–Crippen LogP) is 4.33. The molecule has 0 amide bonds. The third-order valence-corrected chi connectivity index (χ3v) is 3.84. The number of halogens is 2. The van der Waals surface area contributed by atoms with E-state index in [1.807, 2.05) is 25.1 Å². The summed E-state index contributed by atoms with van der Waals surface area (Å²) in [5.74, 6) is 1.44. The van der Waals surface area contributed by atoms with Crippen LogP contribution in [-0.4, -0.2) is 24.3 Å². The van der Waals surface area contributed by atoms with Gasteiger partial charge in [-0.25, -0.2) is 4.98 Å². The number of pyridine rings is 1. The summed E-state index contributed by atoms with van der Waals surface area (Å²) in [7, 11) is 0. The molecule has 110 valence electrons. The number of aryl methyl sites for hydroxylation is 1. The highest BCUT2D eigenvalue weighted by Gasteiger charge is 2.23. The Hall–Kier alpha value is -1.30. The molecule has 21 heavy (non-hydrogen) atoms. The average molecular weight is 370 g/mol. The van der Waals surface area contributed by atoms with Crippen LogP contribution in [0.4, 0.5) is 11.5 Å². The van der Waals surface area contributed by atoms with Crippen molar-refractivity contribution in [2.45, 2.75) is 13.0 Å². The van der Waals surface area contributed by atoms with Crippen molar-refractivity contribution in [3.05, 3.63) is 45.5 Å². The lowest BCUT2D eigenvalue weighted by atomic mass is 10.2. The lowest BCUT2D eigenvalue weighted by Crippen LogP contribution is -2.06. The smallest absolute Gasteiger partial charge is 0.144 e. The average Bonchev–Trinajstić information content (AvgIpc) is 3.25. The molecular weight excluding hydrogens is 356 g/mol. The minimum atomic E-state index is 0.206. The molecule has 1 aliphatic rings. The van der Waals surface area contributed by atoms with Crippen LogP contribution < -0.4 is 10.1 Å². The standard InChI is InChI=1S/C15H14BrClN2O2/c1-9-4-12(16)15(18-6-9)19-13-5-10(17)2-3-14(13)21-8-11-7-20-11/h2-6,11H,7-8H2,1H3,(H,18,19). The maximum Gasteiger partial charge on any atom is 0.144 e. The zero-order chi connectivity index (χ0) is 14.8. The molecule has 1 fully saturated rings. The molecule has 1 unspecified atom stereocenters. The number of aromatic nitrogens is 1. The van der Waals surface area contributed by atoms with Crippen molar-refractivity contribution in [3.8, 4) is 5.75 Å². The van der Waals surface area contributed by atoms with Crippen molar-refractivity contribution in [3.63, 3.8) is 0 Å². The number of benzene rings is 1. The van der Waals surface area contributed by atoms with E-state index < -0.39 is 0 Å². The first kappa shape index (κ1) is 14.6. The van der Waals surface area contributed by atoms with Gasteiger partial charge in [-0.2, -0.15) is 0 Å². The van der Waals surface area contributed by atoms with Gasteiger partial charge in [-0.15, -0.1) is 0 Å². The van der Waals surface area contributed by atoms with E-state index in [2.05, 4.69) is 26.2 Å². The summed E-state index contributed by atoms with van der Waals surface area (Å²) in [5.41, 5.74) is 1.86. The van der Waals surface area contributed by atoms with Crippen molar-refractivity contribution < 1.29 is 9.47 Å². The molecule has 0 radical (unpaired) electrons. The molecule has 2 heterocycles. The molecule has 0 spiro atoms. The summed E-state index contributed by atoms with van der Waals surface area (Å²) in [4.78, 5) is 4.37. The van der Waals surface area contributed by atoms with Crippen LogP contribution in [0.2, 0.25) is 5.02 Å². The van der Waals surface area contributed by atoms with Crippen LogP contribution in [0.5, 0.6) is 5.75 Å². The minimum Gasteiger partial charge on any atom is -0.489 e. The van der Waals surface area contributed by atoms with Gasteiger partial charge in [-0.3, -0.25) is 0 Å². The fourth-order valence-corrected chi connectivity index (χ4v) is 2.56. The van der Waals surface area contributed by atoms with Crippen molar-refractivity contribution in [1.82, 2.24) is 4.98 Å². The van der Waals surface area contributed by atoms with Gasteiger partial charge in [0, 0.05) is 11.2 Å². The van der Waals surface area contributed by atoms with E-state index in [1.54, 1.807) is 12.3 Å². The maximum absolute atomic E-state index is 6.07. The second-order valence-corrected chi connectivity index (χ2v) is 6.17. The highest BCUT2D eigenvalue weighted by molar-refractivity contribution is 9.10. The highest BCUT2D eigenvalue weighted by Crippen LogP contribution is 2.33. The SMILES string of the molecule is Cc1cnc(Nc2cc(Cl)ccc2OCC2CO2)c(Br)c1. The Kier molecular flexibility index (Phi) is 4.33. The van der Waals surface area contributed by atoms with Gasteiger partial charge >= 0.3 is 0 Å². The molecule has 1 aromatic heterocycles. The molecule has 0 aliphatic carbocycles. The van der Waals surface area contributed by atoms with E-state index in [9.17, 15) is 0 Å². The summed E-state index contributed by atoms with van der Waals surface area (Å²) in [6.45, 7) is 3.30. The maximum atomic E-state index is 6.07. The minimum absolute atomic E-state index is 0.206. The molecule has 1 saturated heterocycles. The molecular formula is C15H14BrClN2O2. The second kappa shape index (κ2) is 6.22. The first-order chi connectivity index (χ1) is 10.1. The monoisotopic (exact) mass is 368 g/mol. The summed E-state index contributed by atoms with van der Waals surface area (Å²) in [5, 5.41) is 3.88. The molecule has 1 N–H and O–H groups in total. The molecule has 1 aromatic carbocycles. The first-order valence-corrected chi connectivity index (χ1v) is 7.72. The topological polar surface area (TPSA) is 46.7 Å². The number of nitrogens with zero attached hydrogens (tertiary/aromatic N) is 1. The van der Waals surface area contributed by atoms with Gasteiger partial charge in [-0.1, -0.05) is 11.6 Å². The van der Waals surface area contributed by atoms with E-state index in [0.717, 1.165) is 33.9 Å². The van der Waals surface area contributed by atoms with E-state index in [0.29, 0.717) is 11.6 Å². The van der Waals surface area contributed by atoms with E-state index in [4.69, 9.17) is 21.1 Å². The molecule has 3 rings (SSSR count). The molecule has 1 aliphatic heterocycles. The Bertz CT molecular complexity index is 662. The summed E-state index contributed by atoms with van der Waals surface area (Å²) in [6.07, 6.45) is 2.01. The van der Waals surface area contributed by atoms with Crippen molar-refractivity contribution in [2.75, 3.05) is 18.5 Å². The normalized spacial score (nSPS) is 16.6. The number of ether oxygens (including phenoxy) is 2. The van der Waals surface area contributed by atoms with Crippen LogP contribution in [0, 0.1) is 6.92 Å². The Morgan fingerprint density at radius 3 is 3.00 bits per heavy atom. The Balaban J connectivity index is 1.83. The molecule has 0 bridgehead atoms. The molecule has 1 atom stereocenters.